The van der Waals surface area contributed by atoms with Crippen LogP contribution in [0.25, 0.3) is 0 Å². The molecule has 25 heavy (non-hydrogen) atoms. The van der Waals surface area contributed by atoms with E-state index in [2.05, 4.69) is 10.2 Å². The van der Waals surface area contributed by atoms with E-state index in [0.29, 0.717) is 12.4 Å². The fourth-order valence-electron chi connectivity index (χ4n) is 4.48. The van der Waals surface area contributed by atoms with Gasteiger partial charge in [0.25, 0.3) is 5.91 Å². The van der Waals surface area contributed by atoms with Crippen LogP contribution in [0.2, 0.25) is 0 Å². The van der Waals surface area contributed by atoms with Crippen molar-refractivity contribution in [3.8, 4) is 0 Å². The summed E-state index contributed by atoms with van der Waals surface area (Å²) in [6.45, 7) is 5.75. The minimum absolute atomic E-state index is 0.0927. The highest BCUT2D eigenvalue weighted by Crippen LogP contribution is 2.35. The van der Waals surface area contributed by atoms with Crippen LogP contribution in [0.5, 0.6) is 0 Å². The van der Waals surface area contributed by atoms with Crippen molar-refractivity contribution in [2.45, 2.75) is 43.7 Å². The molecular weight excluding hydrogens is 320 g/mol. The Hall–Kier alpha value is -1.37. The molecule has 3 fully saturated rings. The Morgan fingerprint density at radius 3 is 2.96 bits per heavy atom. The van der Waals surface area contributed by atoms with Crippen molar-refractivity contribution in [3.63, 3.8) is 0 Å². The highest BCUT2D eigenvalue weighted by Gasteiger charge is 2.44. The van der Waals surface area contributed by atoms with Gasteiger partial charge in [-0.2, -0.15) is 0 Å². The van der Waals surface area contributed by atoms with E-state index in [1.807, 2.05) is 0 Å². The normalized spacial score (nSPS) is 31.4. The summed E-state index contributed by atoms with van der Waals surface area (Å²) in [5.74, 6) is 1.01. The number of likely N-dealkylation sites (tertiary alicyclic amines) is 1. The second kappa shape index (κ2) is 7.48. The molecule has 6 heteroatoms. The zero-order valence-electron chi connectivity index (χ0n) is 14.7. The SMILES string of the molecule is O=C(N[C@H]1CCO[C@@]2(CCN(CC3CCOCC3)C2)C1)c1ccco1. The molecule has 0 radical (unpaired) electrons. The Labute approximate surface area is 148 Å². The molecule has 1 aromatic rings. The van der Waals surface area contributed by atoms with Gasteiger partial charge in [-0.25, -0.2) is 0 Å². The number of amides is 1. The van der Waals surface area contributed by atoms with Crippen molar-refractivity contribution < 1.29 is 18.7 Å². The Morgan fingerprint density at radius 2 is 2.16 bits per heavy atom. The highest BCUT2D eigenvalue weighted by molar-refractivity contribution is 5.91. The average Bonchev–Trinajstić information content (AvgIpc) is 3.27. The molecule has 0 aromatic carbocycles. The van der Waals surface area contributed by atoms with Crippen LogP contribution in [0.3, 0.4) is 0 Å². The molecule has 0 saturated carbocycles. The van der Waals surface area contributed by atoms with Crippen molar-refractivity contribution in [2.24, 2.45) is 5.92 Å². The zero-order chi connectivity index (χ0) is 17.1. The lowest BCUT2D eigenvalue weighted by Gasteiger charge is -2.38. The second-order valence-corrected chi connectivity index (χ2v) is 7.71. The number of carbonyl (C=O) groups excluding carboxylic acids is 1. The number of hydrogen-bond acceptors (Lipinski definition) is 5. The molecule has 0 bridgehead atoms. The third kappa shape index (κ3) is 4.07. The Kier molecular flexibility index (Phi) is 5.10. The number of rotatable bonds is 4. The monoisotopic (exact) mass is 348 g/mol. The van der Waals surface area contributed by atoms with E-state index in [9.17, 15) is 4.79 Å². The van der Waals surface area contributed by atoms with Gasteiger partial charge in [0, 0.05) is 45.5 Å². The van der Waals surface area contributed by atoms with E-state index < -0.39 is 0 Å². The maximum atomic E-state index is 12.2. The standard InChI is InChI=1S/C19H28N2O4/c22-18(17-2-1-8-24-17)20-16-5-11-25-19(12-16)6-7-21(14-19)13-15-3-9-23-10-4-15/h1-2,8,15-16H,3-7,9-14H2,(H,20,22)/t16-,19-/m0/s1. The van der Waals surface area contributed by atoms with Crippen LogP contribution in [0.4, 0.5) is 0 Å². The summed E-state index contributed by atoms with van der Waals surface area (Å²) in [5, 5.41) is 3.12. The smallest absolute Gasteiger partial charge is 0.287 e. The summed E-state index contributed by atoms with van der Waals surface area (Å²) < 4.78 is 16.9. The lowest BCUT2D eigenvalue weighted by Crippen LogP contribution is -2.50. The van der Waals surface area contributed by atoms with Crippen molar-refractivity contribution >= 4 is 5.91 Å². The Balaban J connectivity index is 1.30. The molecule has 3 aliphatic heterocycles. The molecular formula is C19H28N2O4. The van der Waals surface area contributed by atoms with Crippen molar-refractivity contribution in [1.29, 1.82) is 0 Å². The lowest BCUT2D eigenvalue weighted by molar-refractivity contribution is -0.0799. The predicted molar refractivity (Wildman–Crippen MR) is 92.5 cm³/mol. The van der Waals surface area contributed by atoms with Gasteiger partial charge < -0.3 is 24.1 Å². The molecule has 3 saturated heterocycles. The highest BCUT2D eigenvalue weighted by atomic mass is 16.5. The summed E-state index contributed by atoms with van der Waals surface area (Å²) in [4.78, 5) is 14.8. The quantitative estimate of drug-likeness (QED) is 0.902. The van der Waals surface area contributed by atoms with Crippen molar-refractivity contribution in [2.75, 3.05) is 39.5 Å². The summed E-state index contributed by atoms with van der Waals surface area (Å²) in [6, 6.07) is 3.61. The number of carbonyl (C=O) groups is 1. The number of hydrogen-bond donors (Lipinski definition) is 1. The van der Waals surface area contributed by atoms with E-state index in [1.165, 1.54) is 19.1 Å². The molecule has 138 valence electrons. The first kappa shape index (κ1) is 17.1. The number of nitrogens with zero attached hydrogens (tertiary/aromatic N) is 1. The van der Waals surface area contributed by atoms with E-state index in [4.69, 9.17) is 13.9 Å². The summed E-state index contributed by atoms with van der Waals surface area (Å²) in [5.41, 5.74) is -0.0927. The van der Waals surface area contributed by atoms with Gasteiger partial charge in [-0.15, -0.1) is 0 Å². The number of furan rings is 1. The molecule has 3 aliphatic rings. The van der Waals surface area contributed by atoms with Crippen molar-refractivity contribution in [3.05, 3.63) is 24.2 Å². The minimum Gasteiger partial charge on any atom is -0.459 e. The first-order valence-electron chi connectivity index (χ1n) is 9.51. The largest absolute Gasteiger partial charge is 0.459 e. The molecule has 1 N–H and O–H groups in total. The fraction of sp³-hybridized carbons (Fsp3) is 0.737. The van der Waals surface area contributed by atoms with Crippen LogP contribution in [0.15, 0.2) is 22.8 Å². The third-order valence-corrected chi connectivity index (χ3v) is 5.83. The number of ether oxygens (including phenoxy) is 2. The predicted octanol–water partition coefficient (Wildman–Crippen LogP) is 2.06. The lowest BCUT2D eigenvalue weighted by atomic mass is 9.89. The van der Waals surface area contributed by atoms with Gasteiger partial charge in [0.1, 0.15) is 0 Å². The third-order valence-electron chi connectivity index (χ3n) is 5.83. The van der Waals surface area contributed by atoms with E-state index in [0.717, 1.165) is 58.0 Å². The van der Waals surface area contributed by atoms with Crippen molar-refractivity contribution in [1.82, 2.24) is 10.2 Å². The van der Waals surface area contributed by atoms with Crippen LogP contribution >= 0.6 is 0 Å². The van der Waals surface area contributed by atoms with E-state index in [1.54, 1.807) is 12.1 Å². The van der Waals surface area contributed by atoms with Gasteiger partial charge in [-0.05, 0) is 50.2 Å². The van der Waals surface area contributed by atoms with Crippen LogP contribution in [-0.2, 0) is 9.47 Å². The molecule has 1 spiro atoms. The van der Waals surface area contributed by atoms with Crippen LogP contribution < -0.4 is 5.32 Å². The second-order valence-electron chi connectivity index (χ2n) is 7.71. The molecule has 6 nitrogen and oxygen atoms in total. The Bertz CT molecular complexity index is 570. The summed E-state index contributed by atoms with van der Waals surface area (Å²) >= 11 is 0. The van der Waals surface area contributed by atoms with E-state index in [-0.39, 0.29) is 17.6 Å². The average molecular weight is 348 g/mol. The molecule has 0 unspecified atom stereocenters. The van der Waals surface area contributed by atoms with Gasteiger partial charge >= 0.3 is 0 Å². The first-order valence-corrected chi connectivity index (χ1v) is 9.51. The van der Waals surface area contributed by atoms with Crippen LogP contribution in [-0.4, -0.2) is 61.9 Å². The molecule has 4 rings (SSSR count). The molecule has 1 amide bonds. The van der Waals surface area contributed by atoms with Gasteiger partial charge in [0.05, 0.1) is 11.9 Å². The molecule has 1 aromatic heterocycles. The summed E-state index contributed by atoms with van der Waals surface area (Å²) in [6.07, 6.45) is 6.70. The molecule has 0 aliphatic carbocycles. The van der Waals surface area contributed by atoms with Crippen LogP contribution in [0.1, 0.15) is 42.7 Å². The minimum atomic E-state index is -0.121. The fourth-order valence-corrected chi connectivity index (χ4v) is 4.48. The Morgan fingerprint density at radius 1 is 1.28 bits per heavy atom. The van der Waals surface area contributed by atoms with Crippen LogP contribution in [0, 0.1) is 5.92 Å². The maximum absolute atomic E-state index is 12.2. The molecule has 4 heterocycles. The summed E-state index contributed by atoms with van der Waals surface area (Å²) in [7, 11) is 0. The van der Waals surface area contributed by atoms with Gasteiger partial charge in [-0.1, -0.05) is 0 Å². The maximum Gasteiger partial charge on any atom is 0.287 e. The van der Waals surface area contributed by atoms with E-state index >= 15 is 0 Å². The zero-order valence-corrected chi connectivity index (χ0v) is 14.7. The first-order chi connectivity index (χ1) is 12.2. The van der Waals surface area contributed by atoms with Gasteiger partial charge in [0.2, 0.25) is 0 Å². The topological polar surface area (TPSA) is 63.9 Å². The van der Waals surface area contributed by atoms with Gasteiger partial charge in [0.15, 0.2) is 5.76 Å². The van der Waals surface area contributed by atoms with Gasteiger partial charge in [-0.3, -0.25) is 4.79 Å². The molecule has 2 atom stereocenters. The number of nitrogens with one attached hydrogen (secondary N) is 1.